The highest BCUT2D eigenvalue weighted by Crippen LogP contribution is 2.27. The number of para-hydroxylation sites is 1. The minimum Gasteiger partial charge on any atom is -0.496 e. The van der Waals surface area contributed by atoms with Crippen molar-refractivity contribution in [2.24, 2.45) is 0 Å². The lowest BCUT2D eigenvalue weighted by Crippen LogP contribution is -2.25. The molecule has 1 heterocycles. The average Bonchev–Trinajstić information content (AvgIpc) is 3.17. The Kier molecular flexibility index (Phi) is 6.14. The van der Waals surface area contributed by atoms with Crippen molar-refractivity contribution in [2.45, 2.75) is 19.3 Å². The minimum atomic E-state index is -0.269. The fourth-order valence-corrected chi connectivity index (χ4v) is 2.60. The molecule has 0 fully saturated rings. The van der Waals surface area contributed by atoms with Crippen LogP contribution in [0.25, 0.3) is 11.4 Å². The molecule has 0 unspecified atom stereocenters. The SMILES string of the molecule is COc1ccccc1-c1noc(CCC(=O)NCCc2ccc(F)cc2)n1. The summed E-state index contributed by atoms with van der Waals surface area (Å²) in [6, 6.07) is 13.6. The lowest BCUT2D eigenvalue weighted by Gasteiger charge is -2.04. The van der Waals surface area contributed by atoms with Crippen molar-refractivity contribution < 1.29 is 18.4 Å². The van der Waals surface area contributed by atoms with Gasteiger partial charge in [-0.15, -0.1) is 0 Å². The zero-order chi connectivity index (χ0) is 19.1. The first kappa shape index (κ1) is 18.6. The van der Waals surface area contributed by atoms with Crippen molar-refractivity contribution in [2.75, 3.05) is 13.7 Å². The molecule has 0 aliphatic heterocycles. The first-order valence-electron chi connectivity index (χ1n) is 8.63. The van der Waals surface area contributed by atoms with E-state index in [2.05, 4.69) is 15.5 Å². The highest BCUT2D eigenvalue weighted by Gasteiger charge is 2.13. The van der Waals surface area contributed by atoms with Gasteiger partial charge in [0, 0.05) is 19.4 Å². The van der Waals surface area contributed by atoms with Gasteiger partial charge in [0.15, 0.2) is 0 Å². The van der Waals surface area contributed by atoms with Crippen LogP contribution in [-0.2, 0) is 17.6 Å². The van der Waals surface area contributed by atoms with Crippen LogP contribution in [0.5, 0.6) is 5.75 Å². The Bertz CT molecular complexity index is 893. The van der Waals surface area contributed by atoms with Crippen LogP contribution in [0.3, 0.4) is 0 Å². The van der Waals surface area contributed by atoms with Crippen LogP contribution in [0.2, 0.25) is 0 Å². The quantitative estimate of drug-likeness (QED) is 0.660. The highest BCUT2D eigenvalue weighted by molar-refractivity contribution is 5.76. The third kappa shape index (κ3) is 5.13. The van der Waals surface area contributed by atoms with E-state index in [1.807, 2.05) is 24.3 Å². The Morgan fingerprint density at radius 1 is 1.15 bits per heavy atom. The molecule has 0 bridgehead atoms. The Labute approximate surface area is 156 Å². The largest absolute Gasteiger partial charge is 0.496 e. The lowest BCUT2D eigenvalue weighted by atomic mass is 10.1. The summed E-state index contributed by atoms with van der Waals surface area (Å²) in [5.74, 6) is 1.11. The zero-order valence-corrected chi connectivity index (χ0v) is 14.9. The maximum Gasteiger partial charge on any atom is 0.227 e. The van der Waals surface area contributed by atoms with Crippen LogP contribution in [0.4, 0.5) is 4.39 Å². The van der Waals surface area contributed by atoms with E-state index >= 15 is 0 Å². The molecular formula is C20H20FN3O3. The van der Waals surface area contributed by atoms with E-state index in [4.69, 9.17) is 9.26 Å². The number of rotatable bonds is 8. The fourth-order valence-electron chi connectivity index (χ4n) is 2.60. The predicted molar refractivity (Wildman–Crippen MR) is 97.7 cm³/mol. The van der Waals surface area contributed by atoms with Crippen LogP contribution in [0.15, 0.2) is 53.1 Å². The molecule has 0 saturated carbocycles. The second kappa shape index (κ2) is 8.93. The Balaban J connectivity index is 1.46. The number of ether oxygens (including phenoxy) is 1. The van der Waals surface area contributed by atoms with E-state index in [0.29, 0.717) is 36.9 Å². The van der Waals surface area contributed by atoms with Crippen LogP contribution in [0.1, 0.15) is 17.9 Å². The van der Waals surface area contributed by atoms with Crippen LogP contribution in [0, 0.1) is 5.82 Å². The third-order valence-corrected chi connectivity index (χ3v) is 4.03. The van der Waals surface area contributed by atoms with Crippen molar-refractivity contribution in [1.29, 1.82) is 0 Å². The van der Waals surface area contributed by atoms with Crippen molar-refractivity contribution in [3.05, 3.63) is 65.8 Å². The summed E-state index contributed by atoms with van der Waals surface area (Å²) in [6.07, 6.45) is 1.24. The average molecular weight is 369 g/mol. The van der Waals surface area contributed by atoms with Crippen LogP contribution in [-0.4, -0.2) is 29.7 Å². The summed E-state index contributed by atoms with van der Waals surface area (Å²) in [5, 5.41) is 6.78. The number of methoxy groups -OCH3 is 1. The number of hydrogen-bond donors (Lipinski definition) is 1. The van der Waals surface area contributed by atoms with Crippen molar-refractivity contribution in [3.63, 3.8) is 0 Å². The van der Waals surface area contributed by atoms with Gasteiger partial charge in [0.1, 0.15) is 11.6 Å². The number of aromatic nitrogens is 2. The van der Waals surface area contributed by atoms with E-state index in [1.165, 1.54) is 12.1 Å². The first-order valence-corrected chi connectivity index (χ1v) is 8.63. The Morgan fingerprint density at radius 3 is 2.70 bits per heavy atom. The molecule has 1 aromatic heterocycles. The summed E-state index contributed by atoms with van der Waals surface area (Å²) in [5.41, 5.74) is 1.70. The summed E-state index contributed by atoms with van der Waals surface area (Å²) in [4.78, 5) is 16.3. The molecule has 7 heteroatoms. The number of hydrogen-bond acceptors (Lipinski definition) is 5. The molecule has 0 aliphatic carbocycles. The normalized spacial score (nSPS) is 10.6. The van der Waals surface area contributed by atoms with E-state index in [-0.39, 0.29) is 18.1 Å². The number of amides is 1. The summed E-state index contributed by atoms with van der Waals surface area (Å²) < 4.78 is 23.4. The lowest BCUT2D eigenvalue weighted by molar-refractivity contribution is -0.121. The predicted octanol–water partition coefficient (Wildman–Crippen LogP) is 3.18. The van der Waals surface area contributed by atoms with Gasteiger partial charge in [0.25, 0.3) is 0 Å². The molecule has 0 spiro atoms. The smallest absolute Gasteiger partial charge is 0.227 e. The number of nitrogens with one attached hydrogen (secondary N) is 1. The monoisotopic (exact) mass is 369 g/mol. The molecule has 0 atom stereocenters. The van der Waals surface area contributed by atoms with Gasteiger partial charge in [-0.3, -0.25) is 4.79 Å². The summed E-state index contributed by atoms with van der Waals surface area (Å²) in [6.45, 7) is 0.487. The topological polar surface area (TPSA) is 77.2 Å². The number of benzene rings is 2. The van der Waals surface area contributed by atoms with Crippen molar-refractivity contribution in [1.82, 2.24) is 15.5 Å². The van der Waals surface area contributed by atoms with E-state index in [1.54, 1.807) is 19.2 Å². The van der Waals surface area contributed by atoms with Gasteiger partial charge >= 0.3 is 0 Å². The molecule has 6 nitrogen and oxygen atoms in total. The second-order valence-electron chi connectivity index (χ2n) is 5.94. The molecule has 3 aromatic rings. The fraction of sp³-hybridized carbons (Fsp3) is 0.250. The first-order chi connectivity index (χ1) is 13.2. The second-order valence-corrected chi connectivity index (χ2v) is 5.94. The number of carbonyl (C=O) groups excluding carboxylic acids is 1. The zero-order valence-electron chi connectivity index (χ0n) is 14.9. The van der Waals surface area contributed by atoms with E-state index < -0.39 is 0 Å². The molecule has 0 saturated heterocycles. The molecule has 3 rings (SSSR count). The third-order valence-electron chi connectivity index (χ3n) is 4.03. The molecule has 1 amide bonds. The number of nitrogens with zero attached hydrogens (tertiary/aromatic N) is 2. The molecule has 2 aromatic carbocycles. The van der Waals surface area contributed by atoms with Crippen molar-refractivity contribution >= 4 is 5.91 Å². The molecule has 27 heavy (non-hydrogen) atoms. The summed E-state index contributed by atoms with van der Waals surface area (Å²) >= 11 is 0. The molecule has 1 N–H and O–H groups in total. The molecular weight excluding hydrogens is 349 g/mol. The minimum absolute atomic E-state index is 0.103. The maximum absolute atomic E-state index is 12.9. The van der Waals surface area contributed by atoms with Gasteiger partial charge in [-0.1, -0.05) is 29.4 Å². The summed E-state index contributed by atoms with van der Waals surface area (Å²) in [7, 11) is 1.58. The van der Waals surface area contributed by atoms with Gasteiger partial charge < -0.3 is 14.6 Å². The molecule has 140 valence electrons. The van der Waals surface area contributed by atoms with Crippen molar-refractivity contribution in [3.8, 4) is 17.1 Å². The van der Waals surface area contributed by atoms with Crippen LogP contribution >= 0.6 is 0 Å². The highest BCUT2D eigenvalue weighted by atomic mass is 19.1. The Morgan fingerprint density at radius 2 is 1.93 bits per heavy atom. The molecule has 0 radical (unpaired) electrons. The van der Waals surface area contributed by atoms with Gasteiger partial charge in [-0.25, -0.2) is 4.39 Å². The standard InChI is InChI=1S/C20H20FN3O3/c1-26-17-5-3-2-4-16(17)20-23-19(27-24-20)11-10-18(25)22-13-12-14-6-8-15(21)9-7-14/h2-9H,10-13H2,1H3,(H,22,25). The van der Waals surface area contributed by atoms with Gasteiger partial charge in [-0.2, -0.15) is 4.98 Å². The van der Waals surface area contributed by atoms with Gasteiger partial charge in [-0.05, 0) is 36.2 Å². The number of carbonyl (C=O) groups is 1. The number of aryl methyl sites for hydroxylation is 1. The van der Waals surface area contributed by atoms with E-state index in [0.717, 1.165) is 11.1 Å². The van der Waals surface area contributed by atoms with Gasteiger partial charge in [0.05, 0.1) is 12.7 Å². The van der Waals surface area contributed by atoms with Crippen LogP contribution < -0.4 is 10.1 Å². The van der Waals surface area contributed by atoms with E-state index in [9.17, 15) is 9.18 Å². The molecule has 0 aliphatic rings. The number of halogens is 1. The Hall–Kier alpha value is -3.22. The maximum atomic E-state index is 12.9. The van der Waals surface area contributed by atoms with Gasteiger partial charge in [0.2, 0.25) is 17.6 Å².